The van der Waals surface area contributed by atoms with E-state index in [1.54, 1.807) is 6.92 Å². The number of nitrogen functional groups attached to an aromatic ring is 1. The van der Waals surface area contributed by atoms with E-state index in [2.05, 4.69) is 41.5 Å². The third-order valence-corrected chi connectivity index (χ3v) is 11.2. The van der Waals surface area contributed by atoms with Crippen molar-refractivity contribution < 1.29 is 51.1 Å². The summed E-state index contributed by atoms with van der Waals surface area (Å²) in [6.07, 6.45) is -8.07. The van der Waals surface area contributed by atoms with E-state index in [9.17, 15) is 23.9 Å². The Hall–Kier alpha value is -2.46. The molecule has 0 saturated carbocycles. The lowest BCUT2D eigenvalue weighted by Crippen LogP contribution is -2.33. The molecule has 0 spiro atoms. The number of nitrogens with zero attached hydrogens (tertiary/aromatic N) is 6. The number of hydrogen-bond acceptors (Lipinski definition) is 17. The predicted molar refractivity (Wildman–Crippen MR) is 158 cm³/mol. The quantitative estimate of drug-likeness (QED) is 0.148. The number of nitrogens with two attached hydrogens (primary N) is 1. The second-order valence-electron chi connectivity index (χ2n) is 10.6. The van der Waals surface area contributed by atoms with Crippen LogP contribution in [0, 0.1) is 12.8 Å². The number of alkyl halides is 1. The number of ether oxygens (including phenoxy) is 2. The number of aromatic nitrogens is 7. The maximum Gasteiger partial charge on any atom is 0.472 e. The number of fused-ring (bicyclic) bond motifs is 5. The number of phosphoric ester groups is 1. The van der Waals surface area contributed by atoms with Crippen LogP contribution in [0.25, 0.3) is 22.2 Å². The number of halogens is 1. The third kappa shape index (κ3) is 5.69. The van der Waals surface area contributed by atoms with Crippen molar-refractivity contribution in [2.24, 2.45) is 5.92 Å². The Balaban J connectivity index is 1.22. The minimum atomic E-state index is -5.03. The van der Waals surface area contributed by atoms with Crippen LogP contribution < -0.4 is 11.3 Å². The van der Waals surface area contributed by atoms with Crippen LogP contribution in [0.15, 0.2) is 17.4 Å². The Morgan fingerprint density at radius 1 is 1.13 bits per heavy atom. The Morgan fingerprint density at radius 3 is 2.70 bits per heavy atom. The first kappa shape index (κ1) is 32.1. The topological polar surface area (TPSA) is 258 Å². The molecule has 0 radical (unpaired) electrons. The minimum Gasteiger partial charge on any atom is -0.396 e. The first-order chi connectivity index (χ1) is 21.9. The fourth-order valence-corrected chi connectivity index (χ4v) is 8.96. The van der Waals surface area contributed by atoms with Gasteiger partial charge in [0.1, 0.15) is 47.6 Å². The number of aliphatic hydroxyl groups is 1. The van der Waals surface area contributed by atoms with Crippen LogP contribution in [-0.4, -0.2) is 94.3 Å². The van der Waals surface area contributed by atoms with Crippen molar-refractivity contribution >= 4 is 66.4 Å². The Bertz CT molecular complexity index is 1970. The zero-order chi connectivity index (χ0) is 32.5. The molecule has 10 atom stereocenters. The number of anilines is 1. The minimum absolute atomic E-state index is 0.00105. The number of aliphatic hydroxyl groups excluding tert-OH is 1. The zero-order valence-corrected chi connectivity index (χ0v) is 26.9. The van der Waals surface area contributed by atoms with Crippen LogP contribution in [0.4, 0.5) is 10.2 Å². The standard InChI is InChI=1S/C22H25FN8O11P2S2/c1-7-28-12-13(21(33)29-7)30-46-18(12)17-15-8(2-32)9(39-17)3-38-44(36,45)42-16-10(4-37-43(34,35)41-15)40-22(11(16)23)31-6-27-14-19(24)25-5-26-20(14)31/h5-6,8-11,15-17,22,32H,2-4H2,1H3,(H,34,35)(H,36,45)(H2,24,25,26)(H,28,29,33)/t8-,9-,10-,11-,15-,16-,17-,22-,44?/m1/s1. The summed E-state index contributed by atoms with van der Waals surface area (Å²) in [5, 5.41) is 10.3. The van der Waals surface area contributed by atoms with Gasteiger partial charge in [0.15, 0.2) is 29.4 Å². The summed E-state index contributed by atoms with van der Waals surface area (Å²) in [6.45, 7) is -4.83. The largest absolute Gasteiger partial charge is 0.472 e. The SMILES string of the molecule is Cc1nc2c([C@@H]3O[C@@H]4COP(=O)(S)O[C@H]5[C@@H](F)[C@H](n6cnc7c(N)ncnc76)O[C@@H]5COP(=O)(O)O[C@@H]3[C@@H]4CO)snc2c(=O)[nH]1. The van der Waals surface area contributed by atoms with Crippen molar-refractivity contribution in [3.05, 3.63) is 33.7 Å². The molecule has 4 aromatic rings. The highest BCUT2D eigenvalue weighted by atomic mass is 32.7. The number of aromatic amines is 1. The van der Waals surface area contributed by atoms with Crippen molar-refractivity contribution in [3.63, 3.8) is 0 Å². The molecule has 7 heterocycles. The monoisotopic (exact) mass is 722 g/mol. The Kier molecular flexibility index (Phi) is 8.31. The average Bonchev–Trinajstić information content (AvgIpc) is 3.75. The van der Waals surface area contributed by atoms with Crippen LogP contribution in [0.1, 0.15) is 23.0 Å². The Labute approximate surface area is 266 Å². The van der Waals surface area contributed by atoms with Crippen LogP contribution in [0.2, 0.25) is 0 Å². The van der Waals surface area contributed by atoms with Crippen LogP contribution >= 0.6 is 38.4 Å². The molecule has 248 valence electrons. The van der Waals surface area contributed by atoms with Crippen molar-refractivity contribution in [2.75, 3.05) is 25.6 Å². The Morgan fingerprint density at radius 2 is 1.91 bits per heavy atom. The number of imidazole rings is 1. The maximum absolute atomic E-state index is 16.0. The summed E-state index contributed by atoms with van der Waals surface area (Å²) >= 11 is 4.87. The molecule has 24 heteroatoms. The maximum atomic E-state index is 16.0. The summed E-state index contributed by atoms with van der Waals surface area (Å²) in [6, 6.07) is 0. The van der Waals surface area contributed by atoms with Crippen molar-refractivity contribution in [1.29, 1.82) is 0 Å². The van der Waals surface area contributed by atoms with Crippen LogP contribution in [-0.2, 0) is 36.7 Å². The van der Waals surface area contributed by atoms with E-state index in [-0.39, 0.29) is 38.7 Å². The highest BCUT2D eigenvalue weighted by Crippen LogP contribution is 2.59. The summed E-state index contributed by atoms with van der Waals surface area (Å²) in [5.41, 5.74) is 5.77. The van der Waals surface area contributed by atoms with Gasteiger partial charge < -0.3 is 30.2 Å². The average molecular weight is 723 g/mol. The summed E-state index contributed by atoms with van der Waals surface area (Å²) in [4.78, 5) is 42.5. The number of rotatable bonds is 3. The second-order valence-corrected chi connectivity index (χ2v) is 15.7. The molecule has 19 nitrogen and oxygen atoms in total. The molecular formula is C22H25FN8O11P2S2. The molecule has 0 amide bonds. The number of H-pyrrole nitrogens is 1. The number of phosphoric acid groups is 1. The lowest BCUT2D eigenvalue weighted by Gasteiger charge is -2.25. The molecule has 4 aromatic heterocycles. The molecule has 3 saturated heterocycles. The summed E-state index contributed by atoms with van der Waals surface area (Å²) in [7, 11) is -5.03. The number of hydrogen-bond donors (Lipinski definition) is 5. The zero-order valence-electron chi connectivity index (χ0n) is 23.4. The molecule has 0 aliphatic carbocycles. The van der Waals surface area contributed by atoms with E-state index in [0.717, 1.165) is 17.9 Å². The molecule has 2 unspecified atom stereocenters. The molecule has 3 aliphatic rings. The predicted octanol–water partition coefficient (Wildman–Crippen LogP) is 1.35. The normalized spacial score (nSPS) is 37.2. The van der Waals surface area contributed by atoms with Crippen molar-refractivity contribution in [1.82, 2.24) is 33.9 Å². The summed E-state index contributed by atoms with van der Waals surface area (Å²) < 4.78 is 82.0. The molecular weight excluding hydrogens is 697 g/mol. The fourth-order valence-electron chi connectivity index (χ4n) is 5.63. The van der Waals surface area contributed by atoms with Gasteiger partial charge in [0.05, 0.1) is 37.1 Å². The van der Waals surface area contributed by atoms with E-state index in [4.69, 9.17) is 33.3 Å². The first-order valence-electron chi connectivity index (χ1n) is 13.5. The fraction of sp³-hybridized carbons (Fsp3) is 0.545. The number of thiol groups is 1. The smallest absolute Gasteiger partial charge is 0.396 e. The van der Waals surface area contributed by atoms with Crippen LogP contribution in [0.3, 0.4) is 0 Å². The summed E-state index contributed by atoms with van der Waals surface area (Å²) in [5.74, 6) is -0.748. The van der Waals surface area contributed by atoms with Gasteiger partial charge >= 0.3 is 14.6 Å². The van der Waals surface area contributed by atoms with Gasteiger partial charge in [0, 0.05) is 5.92 Å². The van der Waals surface area contributed by atoms with Gasteiger partial charge in [-0.05, 0) is 18.5 Å². The van der Waals surface area contributed by atoms with Crippen LogP contribution in [0.5, 0.6) is 0 Å². The molecule has 3 aliphatic heterocycles. The molecule has 46 heavy (non-hydrogen) atoms. The van der Waals surface area contributed by atoms with Crippen molar-refractivity contribution in [2.45, 2.75) is 49.8 Å². The highest BCUT2D eigenvalue weighted by Gasteiger charge is 2.54. The van der Waals surface area contributed by atoms with Gasteiger partial charge in [0.25, 0.3) is 5.56 Å². The molecule has 2 bridgehead atoms. The second kappa shape index (κ2) is 11.9. The van der Waals surface area contributed by atoms with Gasteiger partial charge in [0.2, 0.25) is 0 Å². The van der Waals surface area contributed by atoms with E-state index in [0.29, 0.717) is 0 Å². The van der Waals surface area contributed by atoms with Gasteiger partial charge in [-0.3, -0.25) is 27.5 Å². The highest BCUT2D eigenvalue weighted by molar-refractivity contribution is 8.44. The number of aryl methyl sites for hydroxylation is 1. The molecule has 0 aromatic carbocycles. The van der Waals surface area contributed by atoms with Gasteiger partial charge in [-0.25, -0.2) is 33.5 Å². The van der Waals surface area contributed by atoms with E-state index in [1.165, 1.54) is 10.9 Å². The van der Waals surface area contributed by atoms with E-state index < -0.39 is 88.8 Å². The van der Waals surface area contributed by atoms with Gasteiger partial charge in [-0.15, -0.1) is 0 Å². The lowest BCUT2D eigenvalue weighted by molar-refractivity contribution is -0.0512. The number of nitrogens with one attached hydrogen (secondary N) is 1. The van der Waals surface area contributed by atoms with Crippen molar-refractivity contribution in [3.8, 4) is 0 Å². The van der Waals surface area contributed by atoms with E-state index in [1.807, 2.05) is 0 Å². The molecule has 3 fully saturated rings. The van der Waals surface area contributed by atoms with Gasteiger partial charge in [-0.1, -0.05) is 12.2 Å². The van der Waals surface area contributed by atoms with E-state index >= 15 is 4.39 Å². The van der Waals surface area contributed by atoms with Gasteiger partial charge in [-0.2, -0.15) is 4.37 Å². The lowest BCUT2D eigenvalue weighted by atomic mass is 9.96. The third-order valence-electron chi connectivity index (χ3n) is 7.71. The first-order valence-corrected chi connectivity index (χ1v) is 18.5. The molecule has 5 N–H and O–H groups in total. The molecule has 7 rings (SSSR count).